The molecule has 0 saturated heterocycles. The summed E-state index contributed by atoms with van der Waals surface area (Å²) < 4.78 is 23.9. The Morgan fingerprint density at radius 3 is 2.35 bits per heavy atom. The van der Waals surface area contributed by atoms with Crippen LogP contribution < -0.4 is 0 Å². The van der Waals surface area contributed by atoms with Gasteiger partial charge >= 0.3 is 7.60 Å². The lowest BCUT2D eigenvalue weighted by Gasteiger charge is -2.23. The second kappa shape index (κ2) is 6.64. The van der Waals surface area contributed by atoms with Crippen molar-refractivity contribution in [1.82, 2.24) is 4.98 Å². The van der Waals surface area contributed by atoms with E-state index in [9.17, 15) is 4.57 Å². The maximum Gasteiger partial charge on any atom is 0.337 e. The summed E-state index contributed by atoms with van der Waals surface area (Å²) >= 11 is 3.26. The highest BCUT2D eigenvalue weighted by Crippen LogP contribution is 2.60. The van der Waals surface area contributed by atoms with E-state index in [0.717, 1.165) is 10.2 Å². The number of nitrogens with zero attached hydrogens (tertiary/aromatic N) is 1. The Balaban J connectivity index is 2.95. The summed E-state index contributed by atoms with van der Waals surface area (Å²) in [6, 6.07) is 3.68. The van der Waals surface area contributed by atoms with Crippen LogP contribution in [0.15, 0.2) is 22.9 Å². The smallest absolute Gasteiger partial charge is 0.308 e. The average molecular weight is 322 g/mol. The van der Waals surface area contributed by atoms with Crippen molar-refractivity contribution in [2.45, 2.75) is 26.4 Å². The van der Waals surface area contributed by atoms with E-state index in [2.05, 4.69) is 20.9 Å². The van der Waals surface area contributed by atoms with Gasteiger partial charge in [-0.1, -0.05) is 6.07 Å². The van der Waals surface area contributed by atoms with Crippen molar-refractivity contribution in [1.29, 1.82) is 0 Å². The molecule has 1 rings (SSSR count). The largest absolute Gasteiger partial charge is 0.337 e. The quantitative estimate of drug-likeness (QED) is 0.582. The number of halogens is 1. The molecule has 0 amide bonds. The summed E-state index contributed by atoms with van der Waals surface area (Å²) in [5, 5.41) is 0. The van der Waals surface area contributed by atoms with Crippen LogP contribution in [-0.4, -0.2) is 18.2 Å². The van der Waals surface area contributed by atoms with Gasteiger partial charge in [0.2, 0.25) is 0 Å². The fourth-order valence-electron chi connectivity index (χ4n) is 1.44. The van der Waals surface area contributed by atoms with Crippen molar-refractivity contribution >= 4 is 23.5 Å². The topological polar surface area (TPSA) is 48.4 Å². The molecule has 1 aromatic rings. The zero-order valence-corrected chi connectivity index (χ0v) is 12.7. The summed E-state index contributed by atoms with van der Waals surface area (Å²) in [4.78, 5) is 4.12. The highest BCUT2D eigenvalue weighted by atomic mass is 79.9. The standard InChI is InChI=1S/C11H17BrNO3P/c1-4-15-17(14,16-5-2)9(3)10-6-7-11(12)13-8-10/h6-9H,4-5H2,1-3H3/t9-/m1/s1. The van der Waals surface area contributed by atoms with Crippen molar-refractivity contribution in [2.24, 2.45) is 0 Å². The Morgan fingerprint density at radius 2 is 1.94 bits per heavy atom. The Kier molecular flexibility index (Phi) is 5.80. The molecule has 0 aliphatic heterocycles. The average Bonchev–Trinajstić information content (AvgIpc) is 2.30. The molecule has 0 bridgehead atoms. The first-order chi connectivity index (χ1) is 8.03. The van der Waals surface area contributed by atoms with E-state index in [1.165, 1.54) is 0 Å². The van der Waals surface area contributed by atoms with E-state index in [4.69, 9.17) is 9.05 Å². The van der Waals surface area contributed by atoms with Crippen LogP contribution in [0.4, 0.5) is 0 Å². The van der Waals surface area contributed by atoms with Crippen LogP contribution >= 0.6 is 23.5 Å². The highest BCUT2D eigenvalue weighted by molar-refractivity contribution is 9.10. The summed E-state index contributed by atoms with van der Waals surface area (Å²) in [5.41, 5.74) is 0.529. The fraction of sp³-hybridized carbons (Fsp3) is 0.545. The van der Waals surface area contributed by atoms with E-state index >= 15 is 0 Å². The Hall–Kier alpha value is -0.220. The van der Waals surface area contributed by atoms with Crippen LogP contribution in [0.1, 0.15) is 32.0 Å². The molecular formula is C11H17BrNO3P. The van der Waals surface area contributed by atoms with E-state index in [0.29, 0.717) is 13.2 Å². The molecule has 96 valence electrons. The fourth-order valence-corrected chi connectivity index (χ4v) is 3.43. The number of aromatic nitrogens is 1. The van der Waals surface area contributed by atoms with Crippen LogP contribution in [0.3, 0.4) is 0 Å². The van der Waals surface area contributed by atoms with Crippen LogP contribution in [-0.2, 0) is 13.6 Å². The normalized spacial score (nSPS) is 13.6. The molecule has 0 aliphatic carbocycles. The minimum atomic E-state index is -3.10. The van der Waals surface area contributed by atoms with Crippen LogP contribution in [0, 0.1) is 0 Å². The van der Waals surface area contributed by atoms with Gasteiger partial charge in [-0.25, -0.2) is 4.98 Å². The van der Waals surface area contributed by atoms with E-state index in [1.807, 2.05) is 19.1 Å². The minimum Gasteiger partial charge on any atom is -0.308 e. The number of hydrogen-bond acceptors (Lipinski definition) is 4. The lowest BCUT2D eigenvalue weighted by molar-refractivity contribution is 0.213. The monoisotopic (exact) mass is 321 g/mol. The molecule has 0 unspecified atom stereocenters. The molecule has 0 aromatic carbocycles. The van der Waals surface area contributed by atoms with Gasteiger partial charge in [0.1, 0.15) is 4.60 Å². The minimum absolute atomic E-state index is 0.317. The van der Waals surface area contributed by atoms with Crippen molar-refractivity contribution in [3.63, 3.8) is 0 Å². The van der Waals surface area contributed by atoms with Gasteiger partial charge in [0.15, 0.2) is 0 Å². The van der Waals surface area contributed by atoms with E-state index < -0.39 is 7.60 Å². The maximum absolute atomic E-state index is 12.5. The van der Waals surface area contributed by atoms with Crippen LogP contribution in [0.2, 0.25) is 0 Å². The third-order valence-electron chi connectivity index (χ3n) is 2.33. The van der Waals surface area contributed by atoms with Crippen molar-refractivity contribution < 1.29 is 13.6 Å². The van der Waals surface area contributed by atoms with Gasteiger partial charge in [-0.3, -0.25) is 4.57 Å². The predicted molar refractivity (Wildman–Crippen MR) is 71.2 cm³/mol. The highest BCUT2D eigenvalue weighted by Gasteiger charge is 2.33. The lowest BCUT2D eigenvalue weighted by atomic mass is 10.2. The number of rotatable bonds is 6. The summed E-state index contributed by atoms with van der Waals surface area (Å²) in [5.74, 6) is 0. The molecule has 4 nitrogen and oxygen atoms in total. The van der Waals surface area contributed by atoms with Crippen molar-refractivity contribution in [2.75, 3.05) is 13.2 Å². The van der Waals surface area contributed by atoms with Gasteiger partial charge in [0.25, 0.3) is 0 Å². The first-order valence-corrected chi connectivity index (χ1v) is 7.94. The van der Waals surface area contributed by atoms with Gasteiger partial charge < -0.3 is 9.05 Å². The lowest BCUT2D eigenvalue weighted by Crippen LogP contribution is -2.04. The zero-order valence-electron chi connectivity index (χ0n) is 10.2. The second-order valence-corrected chi connectivity index (χ2v) is 6.65. The van der Waals surface area contributed by atoms with Crippen LogP contribution in [0.5, 0.6) is 0 Å². The molecule has 0 fully saturated rings. The third kappa shape index (κ3) is 3.88. The maximum atomic E-state index is 12.5. The van der Waals surface area contributed by atoms with Gasteiger partial charge in [-0.05, 0) is 48.3 Å². The molecule has 0 N–H and O–H groups in total. The molecular weight excluding hydrogens is 305 g/mol. The SMILES string of the molecule is CCOP(=O)(OCC)[C@H](C)c1ccc(Br)nc1. The molecule has 1 aromatic heterocycles. The molecule has 0 spiro atoms. The first kappa shape index (κ1) is 14.8. The van der Waals surface area contributed by atoms with E-state index in [-0.39, 0.29) is 5.66 Å². The number of pyridine rings is 1. The number of hydrogen-bond donors (Lipinski definition) is 0. The van der Waals surface area contributed by atoms with Crippen LogP contribution in [0.25, 0.3) is 0 Å². The Labute approximate surface area is 110 Å². The zero-order chi connectivity index (χ0) is 12.9. The second-order valence-electron chi connectivity index (χ2n) is 3.47. The molecule has 6 heteroatoms. The molecule has 0 radical (unpaired) electrons. The third-order valence-corrected chi connectivity index (χ3v) is 5.28. The molecule has 0 aliphatic rings. The first-order valence-electron chi connectivity index (χ1n) is 5.53. The van der Waals surface area contributed by atoms with E-state index in [1.54, 1.807) is 20.0 Å². The van der Waals surface area contributed by atoms with Gasteiger partial charge in [0, 0.05) is 6.20 Å². The molecule has 1 atom stereocenters. The van der Waals surface area contributed by atoms with Crippen molar-refractivity contribution in [3.05, 3.63) is 28.5 Å². The van der Waals surface area contributed by atoms with Gasteiger partial charge in [-0.2, -0.15) is 0 Å². The predicted octanol–water partition coefficient (Wildman–Crippen LogP) is 4.17. The Morgan fingerprint density at radius 1 is 1.35 bits per heavy atom. The molecule has 0 saturated carbocycles. The summed E-state index contributed by atoms with van der Waals surface area (Å²) in [7, 11) is -3.10. The molecule has 17 heavy (non-hydrogen) atoms. The van der Waals surface area contributed by atoms with Gasteiger partial charge in [-0.15, -0.1) is 0 Å². The summed E-state index contributed by atoms with van der Waals surface area (Å²) in [6.07, 6.45) is 1.68. The molecule has 1 heterocycles. The van der Waals surface area contributed by atoms with Crippen molar-refractivity contribution in [3.8, 4) is 0 Å². The summed E-state index contributed by atoms with van der Waals surface area (Å²) in [6.45, 7) is 6.17. The van der Waals surface area contributed by atoms with Gasteiger partial charge in [0.05, 0.1) is 18.9 Å². The Bertz CT molecular complexity index is 386.